The molecular weight excluding hydrogens is 460 g/mol. The summed E-state index contributed by atoms with van der Waals surface area (Å²) < 4.78 is 46.8. The van der Waals surface area contributed by atoms with Crippen molar-refractivity contribution in [3.63, 3.8) is 0 Å². The van der Waals surface area contributed by atoms with Crippen LogP contribution in [0.25, 0.3) is 11.0 Å². The van der Waals surface area contributed by atoms with E-state index in [-0.39, 0.29) is 17.8 Å². The van der Waals surface area contributed by atoms with E-state index in [0.717, 1.165) is 5.56 Å². The predicted molar refractivity (Wildman–Crippen MR) is 129 cm³/mol. The number of amidine groups is 1. The Morgan fingerprint density at radius 1 is 1.29 bits per heavy atom. The molecule has 4 heterocycles. The molecule has 4 atom stereocenters. The molecule has 0 saturated carbocycles. The van der Waals surface area contributed by atoms with Gasteiger partial charge in [0.25, 0.3) is 0 Å². The van der Waals surface area contributed by atoms with Crippen molar-refractivity contribution in [2.24, 2.45) is 10.7 Å². The Hall–Kier alpha value is -3.14. The Balaban J connectivity index is 1.59. The quantitative estimate of drug-likeness (QED) is 0.558. The highest BCUT2D eigenvalue weighted by atomic mass is 32.2. The number of aromatic nitrogens is 3. The van der Waals surface area contributed by atoms with Gasteiger partial charge >= 0.3 is 0 Å². The molecule has 1 aromatic carbocycles. The van der Waals surface area contributed by atoms with E-state index >= 15 is 4.39 Å². The minimum Gasteiger partial charge on any atom is -0.495 e. The molecule has 5 rings (SSSR count). The van der Waals surface area contributed by atoms with Gasteiger partial charge in [0.05, 0.1) is 29.8 Å². The summed E-state index contributed by atoms with van der Waals surface area (Å²) in [5.74, 6) is 3.95. The maximum atomic E-state index is 15.2. The Morgan fingerprint density at radius 3 is 2.82 bits per heavy atom. The van der Waals surface area contributed by atoms with Gasteiger partial charge < -0.3 is 10.5 Å². The van der Waals surface area contributed by atoms with Crippen LogP contribution in [0.3, 0.4) is 0 Å². The van der Waals surface area contributed by atoms with Crippen LogP contribution in [0, 0.1) is 5.82 Å². The first-order valence-corrected chi connectivity index (χ1v) is 12.7. The van der Waals surface area contributed by atoms with Gasteiger partial charge in [-0.2, -0.15) is 0 Å². The van der Waals surface area contributed by atoms with Crippen LogP contribution in [-0.2, 0) is 21.5 Å². The predicted octanol–water partition coefficient (Wildman–Crippen LogP) is 2.94. The van der Waals surface area contributed by atoms with Crippen molar-refractivity contribution in [1.82, 2.24) is 15.0 Å². The third-order valence-corrected chi connectivity index (χ3v) is 10.8. The van der Waals surface area contributed by atoms with E-state index in [9.17, 15) is 8.60 Å². The molecule has 1 saturated heterocycles. The molecule has 2 N–H and O–H groups in total. The molecule has 0 aliphatic carbocycles. The van der Waals surface area contributed by atoms with Crippen molar-refractivity contribution in [3.8, 4) is 5.75 Å². The molecule has 2 aliphatic rings. The smallest absolute Gasteiger partial charge is 0.139 e. The number of halogens is 2. The number of fused-ring (bicyclic) bond motifs is 3. The zero-order valence-electron chi connectivity index (χ0n) is 18.9. The normalized spacial score (nSPS) is 30.4. The van der Waals surface area contributed by atoms with Gasteiger partial charge in [0, 0.05) is 18.1 Å². The number of alkyl halides is 1. The molecule has 2 bridgehead atoms. The SMILES string of the molecule is C=S1(=O)[C@H]2CC[C@]1(CF)C(N)=N[C@]2(C)c1cc(Cc2ncnc3cc(OC)cnc23)ccc1F. The van der Waals surface area contributed by atoms with Gasteiger partial charge in [0.15, 0.2) is 0 Å². The number of methoxy groups -OCH3 is 1. The lowest BCUT2D eigenvalue weighted by atomic mass is 9.85. The Bertz CT molecular complexity index is 1440. The van der Waals surface area contributed by atoms with Crippen molar-refractivity contribution in [1.29, 1.82) is 0 Å². The van der Waals surface area contributed by atoms with Gasteiger partial charge in [-0.1, -0.05) is 12.1 Å². The van der Waals surface area contributed by atoms with E-state index < -0.39 is 37.5 Å². The first-order valence-electron chi connectivity index (χ1n) is 10.9. The van der Waals surface area contributed by atoms with Crippen molar-refractivity contribution in [3.05, 3.63) is 59.4 Å². The van der Waals surface area contributed by atoms with Gasteiger partial charge in [-0.25, -0.2) is 23.7 Å². The van der Waals surface area contributed by atoms with Crippen LogP contribution >= 0.6 is 0 Å². The van der Waals surface area contributed by atoms with Crippen LogP contribution in [0.15, 0.2) is 41.8 Å². The summed E-state index contributed by atoms with van der Waals surface area (Å²) in [4.78, 5) is 17.6. The van der Waals surface area contributed by atoms with Crippen LogP contribution in [-0.4, -0.2) is 54.6 Å². The van der Waals surface area contributed by atoms with E-state index in [1.54, 1.807) is 38.4 Å². The number of hydrogen-bond donors (Lipinski definition) is 1. The molecular formula is C24H25F2N5O2S. The Kier molecular flexibility index (Phi) is 5.12. The molecule has 0 radical (unpaired) electrons. The van der Waals surface area contributed by atoms with Crippen LogP contribution in [0.5, 0.6) is 5.75 Å². The molecule has 1 fully saturated rings. The zero-order valence-corrected chi connectivity index (χ0v) is 19.7. The van der Waals surface area contributed by atoms with E-state index in [2.05, 4.69) is 25.8 Å². The van der Waals surface area contributed by atoms with Crippen molar-refractivity contribution in [2.75, 3.05) is 13.8 Å². The van der Waals surface area contributed by atoms with Crippen molar-refractivity contribution in [2.45, 2.75) is 41.7 Å². The Morgan fingerprint density at radius 2 is 2.09 bits per heavy atom. The number of pyridine rings is 1. The minimum absolute atomic E-state index is 0.0454. The number of aliphatic imine (C=N–C) groups is 1. The molecule has 0 amide bonds. The fraction of sp³-hybridized carbons (Fsp3) is 0.375. The van der Waals surface area contributed by atoms with Gasteiger partial charge in [0.2, 0.25) is 0 Å². The highest BCUT2D eigenvalue weighted by Crippen LogP contribution is 2.52. The third-order valence-electron chi connectivity index (χ3n) is 7.30. The van der Waals surface area contributed by atoms with E-state index in [0.29, 0.717) is 35.3 Å². The second-order valence-electron chi connectivity index (χ2n) is 9.08. The summed E-state index contributed by atoms with van der Waals surface area (Å²) in [6, 6.07) is 6.49. The lowest BCUT2D eigenvalue weighted by molar-refractivity contribution is 0.413. The van der Waals surface area contributed by atoms with Gasteiger partial charge in [-0.3, -0.25) is 9.20 Å². The lowest BCUT2D eigenvalue weighted by Crippen LogP contribution is -2.58. The number of nitrogens with two attached hydrogens (primary N) is 1. The monoisotopic (exact) mass is 485 g/mol. The fourth-order valence-electron chi connectivity index (χ4n) is 5.32. The number of benzene rings is 1. The molecule has 34 heavy (non-hydrogen) atoms. The Labute approximate surface area is 196 Å². The van der Waals surface area contributed by atoms with E-state index in [1.807, 2.05) is 0 Å². The van der Waals surface area contributed by atoms with Crippen LogP contribution in [0.1, 0.15) is 36.6 Å². The largest absolute Gasteiger partial charge is 0.495 e. The summed E-state index contributed by atoms with van der Waals surface area (Å²) in [5, 5.41) is -0.623. The maximum Gasteiger partial charge on any atom is 0.139 e. The van der Waals surface area contributed by atoms with Crippen molar-refractivity contribution < 1.29 is 17.7 Å². The van der Waals surface area contributed by atoms with Crippen molar-refractivity contribution >= 4 is 32.3 Å². The second kappa shape index (κ2) is 7.69. The third kappa shape index (κ3) is 3.04. The molecule has 7 nitrogen and oxygen atoms in total. The number of hydrogen-bond acceptors (Lipinski definition) is 7. The standard InChI is InChI=1S/C24H25F2N5O2S/c1-23(20-6-7-24(12-25,22(27)31-23)34(20,3)32)16-8-14(4-5-17(16)26)9-18-21-19(30-13-29-18)10-15(33-2)11-28-21/h4-5,8,10-11,13,20H,3,6-7,9,12H2,1-2H3,(H2,27,31)/t20-,23+,24-,34?/m0/s1. The number of ether oxygens (including phenoxy) is 1. The van der Waals surface area contributed by atoms with E-state index in [1.165, 1.54) is 12.4 Å². The number of nitrogens with zero attached hydrogens (tertiary/aromatic N) is 4. The topological polar surface area (TPSA) is 103 Å². The lowest BCUT2D eigenvalue weighted by Gasteiger charge is -2.42. The summed E-state index contributed by atoms with van der Waals surface area (Å²) in [5.41, 5.74) is 7.90. The maximum absolute atomic E-state index is 15.2. The van der Waals surface area contributed by atoms with Gasteiger partial charge in [-0.05, 0) is 46.8 Å². The van der Waals surface area contributed by atoms with Gasteiger partial charge in [0.1, 0.15) is 46.2 Å². The van der Waals surface area contributed by atoms with Gasteiger partial charge in [-0.15, -0.1) is 0 Å². The minimum atomic E-state index is -3.01. The highest BCUT2D eigenvalue weighted by Gasteiger charge is 2.61. The highest BCUT2D eigenvalue weighted by molar-refractivity contribution is 8.03. The molecule has 2 aliphatic heterocycles. The molecule has 178 valence electrons. The molecule has 0 spiro atoms. The molecule has 2 aromatic heterocycles. The summed E-state index contributed by atoms with van der Waals surface area (Å²) in [7, 11) is -1.46. The molecule has 10 heteroatoms. The van der Waals surface area contributed by atoms with Crippen LogP contribution in [0.4, 0.5) is 8.78 Å². The number of rotatable bonds is 5. The first kappa shape index (κ1) is 22.6. The molecule has 1 unspecified atom stereocenters. The average Bonchev–Trinajstić information content (AvgIpc) is 3.03. The molecule has 3 aromatic rings. The summed E-state index contributed by atoms with van der Waals surface area (Å²) in [6.07, 6.45) is 4.08. The summed E-state index contributed by atoms with van der Waals surface area (Å²) >= 11 is 0. The fourth-order valence-corrected chi connectivity index (χ4v) is 8.34. The second-order valence-corrected chi connectivity index (χ2v) is 11.9. The van der Waals surface area contributed by atoms with Crippen LogP contribution in [0.2, 0.25) is 0 Å². The zero-order chi connectivity index (χ0) is 24.3. The first-order chi connectivity index (χ1) is 16.2. The van der Waals surface area contributed by atoms with E-state index in [4.69, 9.17) is 10.5 Å². The average molecular weight is 486 g/mol. The van der Waals surface area contributed by atoms with Crippen LogP contribution < -0.4 is 10.5 Å². The summed E-state index contributed by atoms with van der Waals surface area (Å²) in [6.45, 7) is 0.817.